The molecule has 100 valence electrons. The molecule has 0 saturated carbocycles. The van der Waals surface area contributed by atoms with Crippen LogP contribution in [0, 0.1) is 11.8 Å². The Morgan fingerprint density at radius 1 is 1.47 bits per heavy atom. The zero-order chi connectivity index (χ0) is 13.1. The summed E-state index contributed by atoms with van der Waals surface area (Å²) in [6.45, 7) is 4.39. The molecule has 0 bridgehead atoms. The molecule has 5 nitrogen and oxygen atoms in total. The van der Waals surface area contributed by atoms with Gasteiger partial charge in [0.05, 0.1) is 16.9 Å². The molecule has 1 aliphatic rings. The van der Waals surface area contributed by atoms with Gasteiger partial charge in [-0.2, -0.15) is 0 Å². The molecule has 0 spiro atoms. The average molecular weight is 262 g/mol. The Kier molecular flexibility index (Phi) is 4.94. The van der Waals surface area contributed by atoms with E-state index < -0.39 is 15.1 Å². The van der Waals surface area contributed by atoms with E-state index in [4.69, 9.17) is 5.73 Å². The number of carbonyl (C=O) groups excluding carboxylic acids is 1. The number of amides is 1. The largest absolute Gasteiger partial charge is 0.355 e. The molecule has 2 unspecified atom stereocenters. The van der Waals surface area contributed by atoms with Crippen molar-refractivity contribution < 1.29 is 13.2 Å². The van der Waals surface area contributed by atoms with Crippen LogP contribution in [0.1, 0.15) is 26.7 Å². The normalized spacial score (nSPS) is 24.8. The quantitative estimate of drug-likeness (QED) is 0.724. The van der Waals surface area contributed by atoms with Gasteiger partial charge < -0.3 is 11.1 Å². The molecular formula is C11H22N2O3S. The molecule has 1 fully saturated rings. The summed E-state index contributed by atoms with van der Waals surface area (Å²) < 4.78 is 23.1. The molecule has 0 radical (unpaired) electrons. The highest BCUT2D eigenvalue weighted by atomic mass is 32.2. The molecule has 6 heteroatoms. The van der Waals surface area contributed by atoms with Crippen molar-refractivity contribution in [2.45, 2.75) is 31.9 Å². The summed E-state index contributed by atoms with van der Waals surface area (Å²) in [5.74, 6) is 0.0433. The fourth-order valence-electron chi connectivity index (χ4n) is 2.11. The van der Waals surface area contributed by atoms with Gasteiger partial charge in [0.25, 0.3) is 0 Å². The Labute approximate surface area is 103 Å². The van der Waals surface area contributed by atoms with Crippen molar-refractivity contribution in [2.24, 2.45) is 17.6 Å². The van der Waals surface area contributed by atoms with E-state index in [2.05, 4.69) is 5.32 Å². The van der Waals surface area contributed by atoms with E-state index >= 15 is 0 Å². The Morgan fingerprint density at radius 2 is 2.12 bits per heavy atom. The van der Waals surface area contributed by atoms with Crippen LogP contribution >= 0.6 is 0 Å². The summed E-state index contributed by atoms with van der Waals surface area (Å²) in [6, 6.07) is 0. The first kappa shape index (κ1) is 14.4. The summed E-state index contributed by atoms with van der Waals surface area (Å²) in [5.41, 5.74) is 5.53. The molecule has 0 aliphatic carbocycles. The van der Waals surface area contributed by atoms with Gasteiger partial charge in [-0.25, -0.2) is 8.42 Å². The highest BCUT2D eigenvalue weighted by Crippen LogP contribution is 2.19. The number of sulfone groups is 1. The van der Waals surface area contributed by atoms with Gasteiger partial charge in [0.15, 0.2) is 9.84 Å². The molecule has 2 atom stereocenters. The first-order valence-electron chi connectivity index (χ1n) is 6.08. The van der Waals surface area contributed by atoms with Crippen molar-refractivity contribution in [2.75, 3.05) is 18.8 Å². The Morgan fingerprint density at radius 3 is 2.53 bits per heavy atom. The average Bonchev–Trinajstić information content (AvgIpc) is 2.55. The van der Waals surface area contributed by atoms with Crippen molar-refractivity contribution >= 4 is 15.7 Å². The molecule has 1 saturated heterocycles. The van der Waals surface area contributed by atoms with Gasteiger partial charge in [-0.3, -0.25) is 4.79 Å². The van der Waals surface area contributed by atoms with E-state index in [0.717, 1.165) is 0 Å². The highest BCUT2D eigenvalue weighted by molar-refractivity contribution is 7.92. The van der Waals surface area contributed by atoms with E-state index in [1.54, 1.807) is 0 Å². The monoisotopic (exact) mass is 262 g/mol. The van der Waals surface area contributed by atoms with Gasteiger partial charge >= 0.3 is 0 Å². The van der Waals surface area contributed by atoms with Crippen molar-refractivity contribution in [1.82, 2.24) is 5.32 Å². The number of nitrogens with two attached hydrogens (primary N) is 1. The van der Waals surface area contributed by atoms with Crippen LogP contribution in [0.2, 0.25) is 0 Å². The molecule has 17 heavy (non-hydrogen) atoms. The number of nitrogens with one attached hydrogen (secondary N) is 1. The molecule has 3 N–H and O–H groups in total. The predicted octanol–water partition coefficient (Wildman–Crippen LogP) is -0.0893. The van der Waals surface area contributed by atoms with Crippen molar-refractivity contribution in [1.29, 1.82) is 0 Å². The Balaban J connectivity index is 2.48. The number of rotatable bonds is 5. The van der Waals surface area contributed by atoms with Gasteiger partial charge in [0.2, 0.25) is 5.91 Å². The van der Waals surface area contributed by atoms with Gasteiger partial charge in [-0.05, 0) is 18.8 Å². The molecule has 0 aromatic carbocycles. The lowest BCUT2D eigenvalue weighted by atomic mass is 9.95. The first-order valence-corrected chi connectivity index (χ1v) is 7.79. The van der Waals surface area contributed by atoms with E-state index in [0.29, 0.717) is 19.4 Å². The van der Waals surface area contributed by atoms with Crippen LogP contribution in [0.5, 0.6) is 0 Å². The lowest BCUT2D eigenvalue weighted by Gasteiger charge is -2.19. The number of carbonyl (C=O) groups is 1. The van der Waals surface area contributed by atoms with Gasteiger partial charge in [0.1, 0.15) is 0 Å². The first-order chi connectivity index (χ1) is 7.88. The van der Waals surface area contributed by atoms with Crippen LogP contribution < -0.4 is 11.1 Å². The smallest absolute Gasteiger partial charge is 0.224 e. The maximum absolute atomic E-state index is 11.8. The van der Waals surface area contributed by atoms with Crippen LogP contribution in [0.25, 0.3) is 0 Å². The van der Waals surface area contributed by atoms with Crippen LogP contribution in [-0.4, -0.2) is 38.4 Å². The maximum atomic E-state index is 11.8. The molecule has 1 aliphatic heterocycles. The van der Waals surface area contributed by atoms with Crippen molar-refractivity contribution in [3.63, 3.8) is 0 Å². The van der Waals surface area contributed by atoms with Gasteiger partial charge in [0, 0.05) is 13.1 Å². The third-order valence-corrected chi connectivity index (χ3v) is 5.64. The van der Waals surface area contributed by atoms with Gasteiger partial charge in [-0.1, -0.05) is 13.8 Å². The van der Waals surface area contributed by atoms with E-state index in [-0.39, 0.29) is 30.0 Å². The fraction of sp³-hybridized carbons (Fsp3) is 0.909. The lowest BCUT2D eigenvalue weighted by molar-refractivity contribution is -0.125. The second-order valence-electron chi connectivity index (χ2n) is 4.96. The highest BCUT2D eigenvalue weighted by Gasteiger charge is 2.32. The zero-order valence-electron chi connectivity index (χ0n) is 10.5. The predicted molar refractivity (Wildman–Crippen MR) is 67.2 cm³/mol. The van der Waals surface area contributed by atoms with Crippen LogP contribution in [0.15, 0.2) is 0 Å². The standard InChI is InChI=1S/C11H22N2O3S/c1-8(2)10(6-12)11(14)13-7-9-4-3-5-17(9,15)16/h8-10H,3-7,12H2,1-2H3,(H,13,14). The minimum absolute atomic E-state index is 0.135. The summed E-state index contributed by atoms with van der Waals surface area (Å²) in [6.07, 6.45) is 1.35. The fourth-order valence-corrected chi connectivity index (χ4v) is 3.88. The lowest BCUT2D eigenvalue weighted by Crippen LogP contribution is -2.42. The molecular weight excluding hydrogens is 240 g/mol. The van der Waals surface area contributed by atoms with E-state index in [1.165, 1.54) is 0 Å². The van der Waals surface area contributed by atoms with Crippen LogP contribution in [0.3, 0.4) is 0 Å². The van der Waals surface area contributed by atoms with Crippen LogP contribution in [0.4, 0.5) is 0 Å². The molecule has 1 amide bonds. The second kappa shape index (κ2) is 5.82. The zero-order valence-corrected chi connectivity index (χ0v) is 11.3. The topological polar surface area (TPSA) is 89.3 Å². The molecule has 0 aromatic heterocycles. The summed E-state index contributed by atoms with van der Waals surface area (Å²) in [7, 11) is -2.98. The van der Waals surface area contributed by atoms with Crippen molar-refractivity contribution in [3.8, 4) is 0 Å². The summed E-state index contributed by atoms with van der Waals surface area (Å²) in [4.78, 5) is 11.8. The minimum atomic E-state index is -2.98. The number of hydrogen-bond donors (Lipinski definition) is 2. The Bertz CT molecular complexity index is 365. The van der Waals surface area contributed by atoms with Gasteiger partial charge in [-0.15, -0.1) is 0 Å². The molecule has 0 aromatic rings. The number of hydrogen-bond acceptors (Lipinski definition) is 4. The van der Waals surface area contributed by atoms with E-state index in [9.17, 15) is 13.2 Å². The van der Waals surface area contributed by atoms with Crippen molar-refractivity contribution in [3.05, 3.63) is 0 Å². The second-order valence-corrected chi connectivity index (χ2v) is 7.36. The summed E-state index contributed by atoms with van der Waals surface area (Å²) in [5, 5.41) is 2.31. The SMILES string of the molecule is CC(C)C(CN)C(=O)NCC1CCCS1(=O)=O. The molecule has 1 heterocycles. The molecule has 1 rings (SSSR count). The summed E-state index contributed by atoms with van der Waals surface area (Å²) >= 11 is 0. The third kappa shape index (κ3) is 3.67. The van der Waals surface area contributed by atoms with E-state index in [1.807, 2.05) is 13.8 Å². The Hall–Kier alpha value is -0.620. The van der Waals surface area contributed by atoms with Crippen LogP contribution in [-0.2, 0) is 14.6 Å². The third-order valence-electron chi connectivity index (χ3n) is 3.36. The maximum Gasteiger partial charge on any atom is 0.224 e. The minimum Gasteiger partial charge on any atom is -0.355 e.